The van der Waals surface area contributed by atoms with Gasteiger partial charge in [-0.2, -0.15) is 0 Å². The van der Waals surface area contributed by atoms with Gasteiger partial charge in [0.25, 0.3) is 5.91 Å². The van der Waals surface area contributed by atoms with Crippen molar-refractivity contribution in [1.82, 2.24) is 10.2 Å². The lowest BCUT2D eigenvalue weighted by molar-refractivity contribution is -0.142. The van der Waals surface area contributed by atoms with Gasteiger partial charge in [-0.25, -0.2) is 0 Å². The molecule has 3 rings (SSSR count). The number of hydrogen-bond donors (Lipinski definition) is 1. The van der Waals surface area contributed by atoms with E-state index in [1.165, 1.54) is 0 Å². The van der Waals surface area contributed by atoms with Crippen LogP contribution in [0.2, 0.25) is 0 Å². The van der Waals surface area contributed by atoms with E-state index in [0.717, 1.165) is 29.5 Å². The molecule has 0 spiro atoms. The number of hydrogen-bond acceptors (Lipinski definition) is 3. The van der Waals surface area contributed by atoms with Crippen LogP contribution in [0, 0.1) is 6.92 Å². The van der Waals surface area contributed by atoms with Gasteiger partial charge in [0.05, 0.1) is 0 Å². The van der Waals surface area contributed by atoms with Gasteiger partial charge in [-0.1, -0.05) is 92.2 Å². The fourth-order valence-corrected chi connectivity index (χ4v) is 3.78. The van der Waals surface area contributed by atoms with Crippen LogP contribution < -0.4 is 10.1 Å². The van der Waals surface area contributed by atoms with E-state index in [-0.39, 0.29) is 18.4 Å². The minimum atomic E-state index is -0.646. The predicted molar refractivity (Wildman–Crippen MR) is 136 cm³/mol. The molecule has 0 heterocycles. The second-order valence-corrected chi connectivity index (χ2v) is 8.41. The summed E-state index contributed by atoms with van der Waals surface area (Å²) < 4.78 is 5.87. The monoisotopic (exact) mass is 458 g/mol. The van der Waals surface area contributed by atoms with Gasteiger partial charge in [0.1, 0.15) is 11.8 Å². The SMILES string of the molecule is CCCCNC(=O)C(Cc1ccccc1)N(Cc1ccccc1)C(=O)COc1ccccc1C. The molecule has 0 radical (unpaired) electrons. The Kier molecular flexibility index (Phi) is 9.71. The molecule has 0 aliphatic heterocycles. The highest BCUT2D eigenvalue weighted by molar-refractivity contribution is 5.88. The molecule has 5 heteroatoms. The Labute approximate surface area is 202 Å². The van der Waals surface area contributed by atoms with E-state index in [2.05, 4.69) is 12.2 Å². The molecular formula is C29H34N2O3. The maximum absolute atomic E-state index is 13.5. The number of nitrogens with one attached hydrogen (secondary N) is 1. The van der Waals surface area contributed by atoms with Crippen LogP contribution in [0.5, 0.6) is 5.75 Å². The minimum Gasteiger partial charge on any atom is -0.484 e. The van der Waals surface area contributed by atoms with Gasteiger partial charge in [0.15, 0.2) is 6.61 Å². The first-order valence-corrected chi connectivity index (χ1v) is 11.9. The lowest BCUT2D eigenvalue weighted by atomic mass is 10.0. The number of unbranched alkanes of at least 4 members (excludes halogenated alkanes) is 1. The molecule has 1 atom stereocenters. The van der Waals surface area contributed by atoms with Crippen molar-refractivity contribution in [3.05, 3.63) is 102 Å². The number of carbonyl (C=O) groups excluding carboxylic acids is 2. The lowest BCUT2D eigenvalue weighted by Gasteiger charge is -2.31. The second kappa shape index (κ2) is 13.2. The van der Waals surface area contributed by atoms with E-state index >= 15 is 0 Å². The average molecular weight is 459 g/mol. The Hall–Kier alpha value is -3.60. The van der Waals surface area contributed by atoms with Crippen LogP contribution in [0.3, 0.4) is 0 Å². The molecular weight excluding hydrogens is 424 g/mol. The van der Waals surface area contributed by atoms with Crippen molar-refractivity contribution < 1.29 is 14.3 Å². The van der Waals surface area contributed by atoms with Crippen molar-refractivity contribution in [2.75, 3.05) is 13.2 Å². The molecule has 3 aromatic rings. The smallest absolute Gasteiger partial charge is 0.261 e. The quantitative estimate of drug-likeness (QED) is 0.392. The van der Waals surface area contributed by atoms with Crippen molar-refractivity contribution in [3.8, 4) is 5.75 Å². The summed E-state index contributed by atoms with van der Waals surface area (Å²) in [6.07, 6.45) is 2.31. The fourth-order valence-electron chi connectivity index (χ4n) is 3.78. The minimum absolute atomic E-state index is 0.134. The number of amides is 2. The van der Waals surface area contributed by atoms with Crippen molar-refractivity contribution >= 4 is 11.8 Å². The number of benzene rings is 3. The zero-order chi connectivity index (χ0) is 24.2. The zero-order valence-corrected chi connectivity index (χ0v) is 20.1. The van der Waals surface area contributed by atoms with Gasteiger partial charge < -0.3 is 15.0 Å². The molecule has 0 fully saturated rings. The normalized spacial score (nSPS) is 11.5. The molecule has 3 aromatic carbocycles. The summed E-state index contributed by atoms with van der Waals surface area (Å²) >= 11 is 0. The number of aryl methyl sites for hydroxylation is 1. The molecule has 2 amide bonds. The van der Waals surface area contributed by atoms with E-state index in [4.69, 9.17) is 4.74 Å². The molecule has 1 N–H and O–H groups in total. The largest absolute Gasteiger partial charge is 0.484 e. The average Bonchev–Trinajstić information content (AvgIpc) is 2.87. The van der Waals surface area contributed by atoms with Crippen LogP contribution in [0.1, 0.15) is 36.5 Å². The third-order valence-corrected chi connectivity index (χ3v) is 5.74. The van der Waals surface area contributed by atoms with E-state index < -0.39 is 6.04 Å². The van der Waals surface area contributed by atoms with Gasteiger partial charge in [-0.3, -0.25) is 9.59 Å². The third kappa shape index (κ3) is 7.48. The van der Waals surface area contributed by atoms with Gasteiger partial charge in [-0.05, 0) is 36.1 Å². The number of carbonyl (C=O) groups is 2. The van der Waals surface area contributed by atoms with E-state index in [1.807, 2.05) is 91.9 Å². The Bertz CT molecular complexity index is 1040. The highest BCUT2D eigenvalue weighted by Crippen LogP contribution is 2.18. The van der Waals surface area contributed by atoms with Gasteiger partial charge >= 0.3 is 0 Å². The van der Waals surface area contributed by atoms with Crippen LogP contribution in [0.25, 0.3) is 0 Å². The second-order valence-electron chi connectivity index (χ2n) is 8.41. The molecule has 0 aromatic heterocycles. The van der Waals surface area contributed by atoms with Gasteiger partial charge in [0, 0.05) is 19.5 Å². The van der Waals surface area contributed by atoms with Crippen molar-refractivity contribution in [2.45, 2.75) is 45.7 Å². The number of ether oxygens (including phenoxy) is 1. The summed E-state index contributed by atoms with van der Waals surface area (Å²) in [5.74, 6) is 0.304. The fraction of sp³-hybridized carbons (Fsp3) is 0.310. The molecule has 0 aliphatic carbocycles. The lowest BCUT2D eigenvalue weighted by Crippen LogP contribution is -2.51. The summed E-state index contributed by atoms with van der Waals surface area (Å²) in [5.41, 5.74) is 2.93. The highest BCUT2D eigenvalue weighted by atomic mass is 16.5. The van der Waals surface area contributed by atoms with Crippen molar-refractivity contribution in [2.24, 2.45) is 0 Å². The van der Waals surface area contributed by atoms with E-state index in [9.17, 15) is 9.59 Å². The van der Waals surface area contributed by atoms with E-state index in [0.29, 0.717) is 25.3 Å². The first-order valence-electron chi connectivity index (χ1n) is 11.9. The van der Waals surface area contributed by atoms with E-state index in [1.54, 1.807) is 4.90 Å². The third-order valence-electron chi connectivity index (χ3n) is 5.74. The molecule has 0 bridgehead atoms. The molecule has 0 saturated heterocycles. The maximum Gasteiger partial charge on any atom is 0.261 e. The van der Waals surface area contributed by atoms with Crippen LogP contribution in [0.15, 0.2) is 84.9 Å². The Morgan fingerprint density at radius 1 is 0.882 bits per heavy atom. The van der Waals surface area contributed by atoms with Crippen LogP contribution in [-0.2, 0) is 22.6 Å². The Balaban J connectivity index is 1.86. The molecule has 1 unspecified atom stereocenters. The van der Waals surface area contributed by atoms with Crippen LogP contribution in [-0.4, -0.2) is 35.9 Å². The summed E-state index contributed by atoms with van der Waals surface area (Å²) in [6, 6.07) is 26.5. The standard InChI is InChI=1S/C29H34N2O3/c1-3-4-19-30-29(33)26(20-24-14-7-5-8-15-24)31(21-25-16-9-6-10-17-25)28(32)22-34-27-18-12-11-13-23(27)2/h5-18,26H,3-4,19-22H2,1-2H3,(H,30,33). The summed E-state index contributed by atoms with van der Waals surface area (Å²) in [6.45, 7) is 4.82. The molecule has 5 nitrogen and oxygen atoms in total. The zero-order valence-electron chi connectivity index (χ0n) is 20.1. The number of rotatable bonds is 12. The summed E-state index contributed by atoms with van der Waals surface area (Å²) in [7, 11) is 0. The highest BCUT2D eigenvalue weighted by Gasteiger charge is 2.30. The topological polar surface area (TPSA) is 58.6 Å². The predicted octanol–water partition coefficient (Wildman–Crippen LogP) is 4.93. The Morgan fingerprint density at radius 2 is 1.50 bits per heavy atom. The first kappa shape index (κ1) is 25.0. The first-order chi connectivity index (χ1) is 16.6. The van der Waals surface area contributed by atoms with Gasteiger partial charge in [-0.15, -0.1) is 0 Å². The number of nitrogens with zero attached hydrogens (tertiary/aromatic N) is 1. The van der Waals surface area contributed by atoms with Crippen molar-refractivity contribution in [3.63, 3.8) is 0 Å². The van der Waals surface area contributed by atoms with Crippen LogP contribution in [0.4, 0.5) is 0 Å². The molecule has 34 heavy (non-hydrogen) atoms. The van der Waals surface area contributed by atoms with Gasteiger partial charge in [0.2, 0.25) is 5.91 Å². The summed E-state index contributed by atoms with van der Waals surface area (Å²) in [4.78, 5) is 28.5. The van der Waals surface area contributed by atoms with Crippen molar-refractivity contribution in [1.29, 1.82) is 0 Å². The molecule has 178 valence electrons. The Morgan fingerprint density at radius 3 is 2.15 bits per heavy atom. The molecule has 0 aliphatic rings. The summed E-state index contributed by atoms with van der Waals surface area (Å²) in [5, 5.41) is 3.03. The van der Waals surface area contributed by atoms with Crippen LogP contribution >= 0.6 is 0 Å². The maximum atomic E-state index is 13.5. The number of para-hydroxylation sites is 1. The molecule has 0 saturated carbocycles.